The van der Waals surface area contributed by atoms with Gasteiger partial charge in [-0.25, -0.2) is 4.39 Å². The zero-order chi connectivity index (χ0) is 15.7. The van der Waals surface area contributed by atoms with Gasteiger partial charge in [-0.3, -0.25) is 4.68 Å². The van der Waals surface area contributed by atoms with E-state index in [-0.39, 0.29) is 11.1 Å². The van der Waals surface area contributed by atoms with Crippen LogP contribution in [0.15, 0.2) is 16.6 Å². The molecule has 6 heteroatoms. The number of nitrogens with zero attached hydrogens (tertiary/aromatic N) is 2. The molecule has 1 atom stereocenters. The van der Waals surface area contributed by atoms with E-state index < -0.39 is 5.82 Å². The Labute approximate surface area is 137 Å². The summed E-state index contributed by atoms with van der Waals surface area (Å²) in [5, 5.41) is 7.86. The second kappa shape index (κ2) is 6.46. The van der Waals surface area contributed by atoms with Crippen LogP contribution in [-0.2, 0) is 7.05 Å². The summed E-state index contributed by atoms with van der Waals surface area (Å²) < 4.78 is 16.9. The van der Waals surface area contributed by atoms with Crippen molar-refractivity contribution in [3.63, 3.8) is 0 Å². The first-order valence-electron chi connectivity index (χ1n) is 6.75. The number of aryl methyl sites for hydroxylation is 2. The zero-order valence-electron chi connectivity index (χ0n) is 12.5. The molecule has 0 bridgehead atoms. The van der Waals surface area contributed by atoms with Crippen molar-refractivity contribution in [3.8, 4) is 0 Å². The van der Waals surface area contributed by atoms with Gasteiger partial charge in [0.1, 0.15) is 5.82 Å². The minimum absolute atomic E-state index is 0.106. The van der Waals surface area contributed by atoms with Crippen LogP contribution in [0.3, 0.4) is 0 Å². The van der Waals surface area contributed by atoms with Crippen molar-refractivity contribution in [1.29, 1.82) is 0 Å². The zero-order valence-corrected chi connectivity index (χ0v) is 14.8. The molecule has 0 radical (unpaired) electrons. The molecule has 0 fully saturated rings. The molecule has 1 unspecified atom stereocenters. The maximum Gasteiger partial charge on any atom is 0.148 e. The Balaban J connectivity index is 2.62. The van der Waals surface area contributed by atoms with E-state index in [9.17, 15) is 4.39 Å². The molecule has 0 saturated heterocycles. The summed E-state index contributed by atoms with van der Waals surface area (Å²) in [7, 11) is 1.89. The van der Waals surface area contributed by atoms with E-state index in [0.29, 0.717) is 16.6 Å². The van der Waals surface area contributed by atoms with Crippen LogP contribution in [0.5, 0.6) is 0 Å². The third kappa shape index (κ3) is 3.00. The minimum atomic E-state index is -0.403. The number of aromatic nitrogens is 2. The molecular formula is C15H18BrClFN3. The van der Waals surface area contributed by atoms with Crippen molar-refractivity contribution < 1.29 is 4.39 Å². The smallest absolute Gasteiger partial charge is 0.148 e. The van der Waals surface area contributed by atoms with Gasteiger partial charge in [-0.1, -0.05) is 24.6 Å². The largest absolute Gasteiger partial charge is 0.306 e. The van der Waals surface area contributed by atoms with Crippen LogP contribution in [0.2, 0.25) is 5.02 Å². The molecule has 0 aliphatic carbocycles. The van der Waals surface area contributed by atoms with Crippen LogP contribution in [-0.4, -0.2) is 16.3 Å². The van der Waals surface area contributed by atoms with E-state index in [4.69, 9.17) is 11.6 Å². The van der Waals surface area contributed by atoms with Crippen LogP contribution in [0.4, 0.5) is 4.39 Å². The SMILES string of the molecule is CCNC(c1ccc(Br)c(Cl)c1F)c1c(C)nn(C)c1C. The van der Waals surface area contributed by atoms with Gasteiger partial charge < -0.3 is 5.32 Å². The second-order valence-corrected chi connectivity index (χ2v) is 6.20. The first-order valence-corrected chi connectivity index (χ1v) is 7.92. The van der Waals surface area contributed by atoms with Crippen molar-refractivity contribution in [2.24, 2.45) is 7.05 Å². The van der Waals surface area contributed by atoms with E-state index in [1.165, 1.54) is 0 Å². The van der Waals surface area contributed by atoms with Gasteiger partial charge in [0.25, 0.3) is 0 Å². The van der Waals surface area contributed by atoms with E-state index >= 15 is 0 Å². The Morgan fingerprint density at radius 2 is 2.10 bits per heavy atom. The van der Waals surface area contributed by atoms with Crippen molar-refractivity contribution in [2.75, 3.05) is 6.54 Å². The highest BCUT2D eigenvalue weighted by atomic mass is 79.9. The first kappa shape index (κ1) is 16.5. The summed E-state index contributed by atoms with van der Waals surface area (Å²) in [5.41, 5.74) is 3.43. The van der Waals surface area contributed by atoms with Crippen LogP contribution in [0, 0.1) is 19.7 Å². The summed E-state index contributed by atoms with van der Waals surface area (Å²) in [5.74, 6) is -0.403. The summed E-state index contributed by atoms with van der Waals surface area (Å²) in [6, 6.07) is 3.26. The average molecular weight is 375 g/mol. The van der Waals surface area contributed by atoms with Gasteiger partial charge in [0, 0.05) is 28.3 Å². The molecule has 2 aromatic rings. The van der Waals surface area contributed by atoms with Crippen LogP contribution >= 0.6 is 27.5 Å². The lowest BCUT2D eigenvalue weighted by Crippen LogP contribution is -2.24. The van der Waals surface area contributed by atoms with Gasteiger partial charge in [0.2, 0.25) is 0 Å². The van der Waals surface area contributed by atoms with E-state index in [0.717, 1.165) is 17.0 Å². The number of halogens is 3. The molecule has 1 N–H and O–H groups in total. The molecule has 114 valence electrons. The van der Waals surface area contributed by atoms with E-state index in [1.807, 2.05) is 32.5 Å². The molecule has 0 amide bonds. The van der Waals surface area contributed by atoms with Gasteiger partial charge in [-0.05, 0) is 42.4 Å². The minimum Gasteiger partial charge on any atom is -0.306 e. The van der Waals surface area contributed by atoms with Crippen molar-refractivity contribution in [3.05, 3.63) is 50.0 Å². The molecular weight excluding hydrogens is 357 g/mol. The monoisotopic (exact) mass is 373 g/mol. The van der Waals surface area contributed by atoms with Gasteiger partial charge >= 0.3 is 0 Å². The molecule has 21 heavy (non-hydrogen) atoms. The van der Waals surface area contributed by atoms with Gasteiger partial charge in [-0.2, -0.15) is 5.10 Å². The third-order valence-electron chi connectivity index (χ3n) is 3.64. The lowest BCUT2D eigenvalue weighted by atomic mass is 9.96. The normalized spacial score (nSPS) is 12.7. The number of hydrogen-bond donors (Lipinski definition) is 1. The Hall–Kier alpha value is -0.910. The highest BCUT2D eigenvalue weighted by Gasteiger charge is 2.25. The Morgan fingerprint density at radius 3 is 2.62 bits per heavy atom. The molecule has 0 spiro atoms. The number of nitrogens with one attached hydrogen (secondary N) is 1. The standard InChI is InChI=1S/C15H18BrClFN3/c1-5-19-15(12-8(2)20-21(4)9(12)3)10-6-7-11(16)13(17)14(10)18/h6-7,15,19H,5H2,1-4H3. The highest BCUT2D eigenvalue weighted by molar-refractivity contribution is 9.10. The van der Waals surface area contributed by atoms with Crippen molar-refractivity contribution in [2.45, 2.75) is 26.8 Å². The summed E-state index contributed by atoms with van der Waals surface area (Å²) in [6.45, 7) is 6.63. The number of rotatable bonds is 4. The third-order valence-corrected chi connectivity index (χ3v) is 4.90. The molecule has 0 saturated carbocycles. The fourth-order valence-electron chi connectivity index (χ4n) is 2.54. The first-order chi connectivity index (χ1) is 9.88. The van der Waals surface area contributed by atoms with Crippen molar-refractivity contribution >= 4 is 27.5 Å². The number of hydrogen-bond acceptors (Lipinski definition) is 2. The molecule has 3 nitrogen and oxygen atoms in total. The predicted octanol–water partition coefficient (Wildman–Crippen LogP) is 4.29. The summed E-state index contributed by atoms with van der Waals surface area (Å²) >= 11 is 9.28. The summed E-state index contributed by atoms with van der Waals surface area (Å²) in [4.78, 5) is 0. The average Bonchev–Trinajstić information content (AvgIpc) is 2.68. The van der Waals surface area contributed by atoms with Crippen molar-refractivity contribution in [1.82, 2.24) is 15.1 Å². The molecule has 1 heterocycles. The Morgan fingerprint density at radius 1 is 1.43 bits per heavy atom. The molecule has 2 rings (SSSR count). The lowest BCUT2D eigenvalue weighted by molar-refractivity contribution is 0.555. The second-order valence-electron chi connectivity index (χ2n) is 4.96. The van der Waals surface area contributed by atoms with Gasteiger partial charge in [0.15, 0.2) is 0 Å². The van der Waals surface area contributed by atoms with E-state index in [1.54, 1.807) is 12.1 Å². The van der Waals surface area contributed by atoms with Gasteiger partial charge in [-0.15, -0.1) is 0 Å². The van der Waals surface area contributed by atoms with Gasteiger partial charge in [0.05, 0.1) is 16.8 Å². The fraction of sp³-hybridized carbons (Fsp3) is 0.400. The topological polar surface area (TPSA) is 29.9 Å². The van der Waals surface area contributed by atoms with Crippen LogP contribution < -0.4 is 5.32 Å². The van der Waals surface area contributed by atoms with E-state index in [2.05, 4.69) is 26.3 Å². The quantitative estimate of drug-likeness (QED) is 0.809. The maximum atomic E-state index is 14.6. The predicted molar refractivity (Wildman–Crippen MR) is 87.3 cm³/mol. The van der Waals surface area contributed by atoms with Crippen LogP contribution in [0.1, 0.15) is 35.5 Å². The molecule has 1 aromatic heterocycles. The maximum absolute atomic E-state index is 14.6. The fourth-order valence-corrected chi connectivity index (χ4v) is 3.02. The van der Waals surface area contributed by atoms with Crippen LogP contribution in [0.25, 0.3) is 0 Å². The molecule has 0 aliphatic heterocycles. The Bertz CT molecular complexity index is 669. The lowest BCUT2D eigenvalue weighted by Gasteiger charge is -2.20. The molecule has 1 aromatic carbocycles. The Kier molecular flexibility index (Phi) is 5.07. The summed E-state index contributed by atoms with van der Waals surface area (Å²) in [6.07, 6.45) is 0. The molecule has 0 aliphatic rings. The highest BCUT2D eigenvalue weighted by Crippen LogP contribution is 2.34. The number of benzene rings is 1.